The quantitative estimate of drug-likeness (QED) is 0.578. The van der Waals surface area contributed by atoms with E-state index in [-0.39, 0.29) is 11.7 Å². The number of benzene rings is 2. The third-order valence-corrected chi connectivity index (χ3v) is 5.36. The molecule has 7 heteroatoms. The third-order valence-electron chi connectivity index (χ3n) is 5.36. The summed E-state index contributed by atoms with van der Waals surface area (Å²) < 4.78 is 5.70. The van der Waals surface area contributed by atoms with Crippen molar-refractivity contribution in [1.29, 1.82) is 5.26 Å². The Kier molecular flexibility index (Phi) is 5.57. The summed E-state index contributed by atoms with van der Waals surface area (Å²) in [4.78, 5) is 14.9. The molecule has 0 unspecified atom stereocenters. The Balaban J connectivity index is 1.52. The number of aryl methyl sites for hydroxylation is 1. The molecule has 7 nitrogen and oxygen atoms in total. The van der Waals surface area contributed by atoms with Crippen LogP contribution in [-0.4, -0.2) is 32.7 Å². The van der Waals surface area contributed by atoms with E-state index in [1.165, 1.54) is 0 Å². The van der Waals surface area contributed by atoms with Gasteiger partial charge in [0, 0.05) is 31.0 Å². The number of aromatic nitrogens is 2. The van der Waals surface area contributed by atoms with Crippen LogP contribution in [0.1, 0.15) is 53.4 Å². The van der Waals surface area contributed by atoms with Gasteiger partial charge < -0.3 is 14.7 Å². The molecule has 3 aromatic rings. The number of nitrogens with one attached hydrogen (secondary N) is 1. The molecule has 1 aliphatic heterocycles. The Hall–Kier alpha value is -3.53. The fraction of sp³-hybridized carbons (Fsp3) is 0.348. The molecule has 1 aliphatic rings. The highest BCUT2D eigenvalue weighted by atomic mass is 16.5. The maximum atomic E-state index is 13.2. The number of nitrogens with zero attached hydrogens (tertiary/aromatic N) is 3. The summed E-state index contributed by atoms with van der Waals surface area (Å²) in [5.41, 5.74) is 4.04. The van der Waals surface area contributed by atoms with Crippen LogP contribution in [0.25, 0.3) is 10.9 Å². The van der Waals surface area contributed by atoms with E-state index in [4.69, 9.17) is 10.00 Å². The summed E-state index contributed by atoms with van der Waals surface area (Å²) >= 11 is 0. The fourth-order valence-corrected chi connectivity index (χ4v) is 3.82. The minimum atomic E-state index is -0.203. The van der Waals surface area contributed by atoms with E-state index in [0.29, 0.717) is 38.1 Å². The van der Waals surface area contributed by atoms with E-state index in [2.05, 4.69) is 23.2 Å². The number of aromatic hydroxyl groups is 1. The van der Waals surface area contributed by atoms with Crippen molar-refractivity contribution in [2.75, 3.05) is 6.61 Å². The summed E-state index contributed by atoms with van der Waals surface area (Å²) in [6.45, 7) is 3.53. The van der Waals surface area contributed by atoms with E-state index < -0.39 is 0 Å². The van der Waals surface area contributed by atoms with Crippen LogP contribution in [0.5, 0.6) is 11.5 Å². The first-order valence-electron chi connectivity index (χ1n) is 10.2. The molecule has 0 atom stereocenters. The number of phenolic OH excluding ortho intramolecular Hbond substituents is 1. The molecular formula is C23H24N4O3. The number of phenols is 1. The average molecular weight is 404 g/mol. The highest BCUT2D eigenvalue weighted by molar-refractivity contribution is 6.01. The second-order valence-corrected chi connectivity index (χ2v) is 7.54. The van der Waals surface area contributed by atoms with Crippen molar-refractivity contribution in [2.24, 2.45) is 0 Å². The summed E-state index contributed by atoms with van der Waals surface area (Å²) in [5, 5.41) is 27.2. The largest absolute Gasteiger partial charge is 0.507 e. The molecule has 2 heterocycles. The number of unbranched alkanes of at least 4 members (excludes halogenated alkanes) is 1. The molecule has 0 fully saturated rings. The van der Waals surface area contributed by atoms with Crippen molar-refractivity contribution in [3.8, 4) is 17.6 Å². The van der Waals surface area contributed by atoms with Crippen LogP contribution < -0.4 is 4.74 Å². The van der Waals surface area contributed by atoms with Crippen LogP contribution >= 0.6 is 0 Å². The van der Waals surface area contributed by atoms with Crippen LogP contribution in [0.3, 0.4) is 0 Å². The number of carbonyl (C=O) groups is 1. The minimum absolute atomic E-state index is 0.0448. The number of aromatic amines is 1. The summed E-state index contributed by atoms with van der Waals surface area (Å²) in [6, 6.07) is 11.2. The van der Waals surface area contributed by atoms with E-state index in [0.717, 1.165) is 46.3 Å². The van der Waals surface area contributed by atoms with Crippen LogP contribution in [0, 0.1) is 11.3 Å². The van der Waals surface area contributed by atoms with Crippen molar-refractivity contribution >= 4 is 16.8 Å². The second kappa shape index (κ2) is 8.46. The first-order chi connectivity index (χ1) is 14.6. The van der Waals surface area contributed by atoms with Crippen molar-refractivity contribution in [1.82, 2.24) is 15.1 Å². The van der Waals surface area contributed by atoms with Gasteiger partial charge >= 0.3 is 0 Å². The zero-order valence-corrected chi connectivity index (χ0v) is 16.9. The Morgan fingerprint density at radius 1 is 1.30 bits per heavy atom. The van der Waals surface area contributed by atoms with Gasteiger partial charge in [0.15, 0.2) is 0 Å². The van der Waals surface area contributed by atoms with Crippen molar-refractivity contribution in [3.05, 3.63) is 52.7 Å². The lowest BCUT2D eigenvalue weighted by atomic mass is 10.1. The summed E-state index contributed by atoms with van der Waals surface area (Å²) in [6.07, 6.45) is 2.92. The number of fused-ring (bicyclic) bond motifs is 2. The van der Waals surface area contributed by atoms with Crippen molar-refractivity contribution < 1.29 is 14.6 Å². The van der Waals surface area contributed by atoms with Gasteiger partial charge in [-0.3, -0.25) is 9.89 Å². The molecule has 0 saturated carbocycles. The predicted molar refractivity (Wildman–Crippen MR) is 112 cm³/mol. The lowest BCUT2D eigenvalue weighted by molar-refractivity contribution is 0.0748. The molecule has 0 bridgehead atoms. The molecule has 2 N–H and O–H groups in total. The van der Waals surface area contributed by atoms with Gasteiger partial charge in [0.05, 0.1) is 29.5 Å². The molecular weight excluding hydrogens is 380 g/mol. The first kappa shape index (κ1) is 19.8. The second-order valence-electron chi connectivity index (χ2n) is 7.54. The Morgan fingerprint density at radius 3 is 2.93 bits per heavy atom. The predicted octanol–water partition coefficient (Wildman–Crippen LogP) is 4.06. The zero-order chi connectivity index (χ0) is 21.1. The standard InChI is InChI=1S/C23H24N4O3/c1-2-5-20-18-11-19(22(28)12-21(18)26-25-20)23(29)27-13-15-6-7-17(10-16(15)14-27)30-9-4-3-8-24/h6-7,10-12,28H,2-5,9,13-14H2,1H3,(H,25,26). The Bertz CT molecular complexity index is 1130. The van der Waals surface area contributed by atoms with Gasteiger partial charge in [-0.2, -0.15) is 10.4 Å². The zero-order valence-electron chi connectivity index (χ0n) is 16.9. The average Bonchev–Trinajstić information content (AvgIpc) is 3.34. The molecule has 0 spiro atoms. The topological polar surface area (TPSA) is 102 Å². The molecule has 4 rings (SSSR count). The number of carbonyl (C=O) groups excluding carboxylic acids is 1. The van der Waals surface area contributed by atoms with Gasteiger partial charge in [0.2, 0.25) is 0 Å². The van der Waals surface area contributed by atoms with Gasteiger partial charge in [0.25, 0.3) is 5.91 Å². The summed E-state index contributed by atoms with van der Waals surface area (Å²) in [5.74, 6) is 0.496. The molecule has 0 saturated heterocycles. The number of rotatable bonds is 7. The number of hydrogen-bond acceptors (Lipinski definition) is 5. The van der Waals surface area contributed by atoms with Crippen LogP contribution in [0.4, 0.5) is 0 Å². The van der Waals surface area contributed by atoms with Crippen LogP contribution in [0.15, 0.2) is 30.3 Å². The van der Waals surface area contributed by atoms with E-state index in [9.17, 15) is 9.90 Å². The Morgan fingerprint density at radius 2 is 2.13 bits per heavy atom. The number of ether oxygens (including phenoxy) is 1. The summed E-state index contributed by atoms with van der Waals surface area (Å²) in [7, 11) is 0. The molecule has 154 valence electrons. The van der Waals surface area contributed by atoms with Gasteiger partial charge in [-0.1, -0.05) is 19.4 Å². The van der Waals surface area contributed by atoms with E-state index in [1.54, 1.807) is 17.0 Å². The molecule has 1 amide bonds. The maximum absolute atomic E-state index is 13.2. The highest BCUT2D eigenvalue weighted by Crippen LogP contribution is 2.32. The maximum Gasteiger partial charge on any atom is 0.258 e. The molecule has 2 aromatic carbocycles. The number of H-pyrrole nitrogens is 1. The lowest BCUT2D eigenvalue weighted by Gasteiger charge is -2.16. The molecule has 0 radical (unpaired) electrons. The number of hydrogen-bond donors (Lipinski definition) is 2. The highest BCUT2D eigenvalue weighted by Gasteiger charge is 2.27. The number of amides is 1. The lowest BCUT2D eigenvalue weighted by Crippen LogP contribution is -2.25. The van der Waals surface area contributed by atoms with Gasteiger partial charge in [0.1, 0.15) is 11.5 Å². The van der Waals surface area contributed by atoms with Crippen molar-refractivity contribution in [3.63, 3.8) is 0 Å². The van der Waals surface area contributed by atoms with Crippen LogP contribution in [0.2, 0.25) is 0 Å². The fourth-order valence-electron chi connectivity index (χ4n) is 3.82. The van der Waals surface area contributed by atoms with Crippen molar-refractivity contribution in [2.45, 2.75) is 45.7 Å². The van der Waals surface area contributed by atoms with E-state index in [1.807, 2.05) is 18.2 Å². The monoisotopic (exact) mass is 404 g/mol. The van der Waals surface area contributed by atoms with Gasteiger partial charge in [-0.05, 0) is 42.2 Å². The number of nitriles is 1. The molecule has 30 heavy (non-hydrogen) atoms. The van der Waals surface area contributed by atoms with Gasteiger partial charge in [-0.25, -0.2) is 0 Å². The third kappa shape index (κ3) is 3.81. The van der Waals surface area contributed by atoms with Crippen LogP contribution in [-0.2, 0) is 19.5 Å². The molecule has 0 aliphatic carbocycles. The Labute approximate surface area is 174 Å². The molecule has 1 aromatic heterocycles. The normalized spacial score (nSPS) is 12.7. The smallest absolute Gasteiger partial charge is 0.258 e. The first-order valence-corrected chi connectivity index (χ1v) is 10.2. The SMILES string of the molecule is CCCc1n[nH]c2cc(O)c(C(=O)N3Cc4ccc(OCCCC#N)cc4C3)cc12. The van der Waals surface area contributed by atoms with Gasteiger partial charge in [-0.15, -0.1) is 0 Å². The minimum Gasteiger partial charge on any atom is -0.507 e. The van der Waals surface area contributed by atoms with E-state index >= 15 is 0 Å².